The Morgan fingerprint density at radius 3 is 2.74 bits per heavy atom. The minimum atomic E-state index is -0.168. The fourth-order valence-electron chi connectivity index (χ4n) is 2.64. The Kier molecular flexibility index (Phi) is 4.40. The third kappa shape index (κ3) is 3.06. The van der Waals surface area contributed by atoms with E-state index in [4.69, 9.17) is 0 Å². The molecule has 102 valence electrons. The van der Waals surface area contributed by atoms with Crippen molar-refractivity contribution in [1.82, 2.24) is 5.32 Å². The average Bonchev–Trinajstić information content (AvgIpc) is 2.36. The zero-order chi connectivity index (χ0) is 14.0. The van der Waals surface area contributed by atoms with Gasteiger partial charge in [0.15, 0.2) is 0 Å². The number of piperidine rings is 1. The summed E-state index contributed by atoms with van der Waals surface area (Å²) < 4.78 is 1.03. The van der Waals surface area contributed by atoms with Gasteiger partial charge in [-0.3, -0.25) is 14.9 Å². The van der Waals surface area contributed by atoms with Crippen molar-refractivity contribution in [1.29, 1.82) is 0 Å². The molecule has 1 aliphatic rings. The molecule has 4 heteroatoms. The number of carbonyl (C=O) groups excluding carboxylic acids is 2. The van der Waals surface area contributed by atoms with Crippen molar-refractivity contribution in [3.05, 3.63) is 33.8 Å². The number of hydrogen-bond donors (Lipinski definition) is 1. The quantitative estimate of drug-likeness (QED) is 0.867. The van der Waals surface area contributed by atoms with E-state index < -0.39 is 0 Å². The number of benzene rings is 1. The van der Waals surface area contributed by atoms with Crippen molar-refractivity contribution in [3.63, 3.8) is 0 Å². The second-order valence-corrected chi connectivity index (χ2v) is 5.98. The molecule has 2 rings (SSSR count). The molecule has 1 aliphatic heterocycles. The van der Waals surface area contributed by atoms with Crippen LogP contribution in [0, 0.1) is 12.8 Å². The fraction of sp³-hybridized carbons (Fsp3) is 0.467. The zero-order valence-corrected chi connectivity index (χ0v) is 12.8. The smallest absolute Gasteiger partial charge is 0.230 e. The molecule has 2 amide bonds. The topological polar surface area (TPSA) is 46.2 Å². The molecule has 0 saturated carbocycles. The second-order valence-electron chi connectivity index (χ2n) is 5.13. The van der Waals surface area contributed by atoms with Crippen LogP contribution in [-0.2, 0) is 9.59 Å². The summed E-state index contributed by atoms with van der Waals surface area (Å²) in [4.78, 5) is 23.6. The summed E-state index contributed by atoms with van der Waals surface area (Å²) in [5.41, 5.74) is 2.22. The van der Waals surface area contributed by atoms with Gasteiger partial charge < -0.3 is 0 Å². The first-order valence-electron chi connectivity index (χ1n) is 6.62. The number of carbonyl (C=O) groups is 2. The summed E-state index contributed by atoms with van der Waals surface area (Å²) in [7, 11) is 0. The van der Waals surface area contributed by atoms with Gasteiger partial charge in [0.2, 0.25) is 11.8 Å². The van der Waals surface area contributed by atoms with Gasteiger partial charge in [0, 0.05) is 22.7 Å². The van der Waals surface area contributed by atoms with Crippen molar-refractivity contribution in [2.45, 2.75) is 39.0 Å². The standard InChI is InChI=1S/C15H18BrNO2/c1-3-4-11-12(8-14(18)17-15(11)19)10-6-5-9(2)13(16)7-10/h5-7,11-12H,3-4,8H2,1-2H3,(H,17,18,19). The first kappa shape index (κ1) is 14.3. The molecular formula is C15H18BrNO2. The monoisotopic (exact) mass is 323 g/mol. The van der Waals surface area contributed by atoms with E-state index in [2.05, 4.69) is 28.2 Å². The molecule has 1 N–H and O–H groups in total. The highest BCUT2D eigenvalue weighted by Gasteiger charge is 2.36. The molecule has 0 spiro atoms. The lowest BCUT2D eigenvalue weighted by atomic mass is 9.78. The van der Waals surface area contributed by atoms with Crippen molar-refractivity contribution >= 4 is 27.7 Å². The Morgan fingerprint density at radius 2 is 2.11 bits per heavy atom. The third-order valence-electron chi connectivity index (χ3n) is 3.71. The summed E-state index contributed by atoms with van der Waals surface area (Å²) in [5.74, 6) is -0.394. The largest absolute Gasteiger partial charge is 0.296 e. The van der Waals surface area contributed by atoms with E-state index in [-0.39, 0.29) is 23.7 Å². The Bertz CT molecular complexity index is 513. The lowest BCUT2D eigenvalue weighted by molar-refractivity contribution is -0.137. The van der Waals surface area contributed by atoms with E-state index in [9.17, 15) is 9.59 Å². The maximum atomic E-state index is 12.0. The summed E-state index contributed by atoms with van der Waals surface area (Å²) in [5, 5.41) is 2.45. The SMILES string of the molecule is CCCC1C(=O)NC(=O)CC1c1ccc(C)c(Br)c1. The summed E-state index contributed by atoms with van der Waals surface area (Å²) in [6, 6.07) is 6.09. The summed E-state index contributed by atoms with van der Waals surface area (Å²) in [6.07, 6.45) is 2.15. The Balaban J connectivity index is 2.34. The number of rotatable bonds is 3. The summed E-state index contributed by atoms with van der Waals surface area (Å²) in [6.45, 7) is 4.09. The molecule has 1 aromatic carbocycles. The van der Waals surface area contributed by atoms with E-state index in [0.29, 0.717) is 6.42 Å². The normalized spacial score (nSPS) is 23.3. The summed E-state index contributed by atoms with van der Waals surface area (Å²) >= 11 is 3.52. The average molecular weight is 324 g/mol. The van der Waals surface area contributed by atoms with Crippen LogP contribution >= 0.6 is 15.9 Å². The first-order valence-corrected chi connectivity index (χ1v) is 7.42. The highest BCUT2D eigenvalue weighted by molar-refractivity contribution is 9.10. The molecular weight excluding hydrogens is 306 g/mol. The number of imide groups is 1. The van der Waals surface area contributed by atoms with Crippen LogP contribution in [0.2, 0.25) is 0 Å². The Morgan fingerprint density at radius 1 is 1.37 bits per heavy atom. The van der Waals surface area contributed by atoms with Crippen LogP contribution in [0.25, 0.3) is 0 Å². The van der Waals surface area contributed by atoms with Gasteiger partial charge in [0.1, 0.15) is 0 Å². The van der Waals surface area contributed by atoms with Crippen LogP contribution in [0.1, 0.15) is 43.2 Å². The number of amides is 2. The molecule has 0 aliphatic carbocycles. The zero-order valence-electron chi connectivity index (χ0n) is 11.2. The van der Waals surface area contributed by atoms with Crippen LogP contribution < -0.4 is 5.32 Å². The van der Waals surface area contributed by atoms with Crippen LogP contribution in [0.3, 0.4) is 0 Å². The van der Waals surface area contributed by atoms with Gasteiger partial charge in [-0.2, -0.15) is 0 Å². The minimum absolute atomic E-state index is 0.00176. The van der Waals surface area contributed by atoms with Crippen molar-refractivity contribution in [3.8, 4) is 0 Å². The molecule has 0 radical (unpaired) electrons. The van der Waals surface area contributed by atoms with Gasteiger partial charge in [0.25, 0.3) is 0 Å². The molecule has 3 nitrogen and oxygen atoms in total. The van der Waals surface area contributed by atoms with Crippen molar-refractivity contribution < 1.29 is 9.59 Å². The van der Waals surface area contributed by atoms with Crippen LogP contribution in [0.5, 0.6) is 0 Å². The van der Waals surface area contributed by atoms with E-state index in [1.807, 2.05) is 25.1 Å². The van der Waals surface area contributed by atoms with Gasteiger partial charge >= 0.3 is 0 Å². The third-order valence-corrected chi connectivity index (χ3v) is 4.57. The molecule has 0 bridgehead atoms. The van der Waals surface area contributed by atoms with Crippen LogP contribution in [0.4, 0.5) is 0 Å². The Hall–Kier alpha value is -1.16. The molecule has 2 unspecified atom stereocenters. The van der Waals surface area contributed by atoms with Gasteiger partial charge in [-0.25, -0.2) is 0 Å². The maximum Gasteiger partial charge on any atom is 0.230 e. The lowest BCUT2D eigenvalue weighted by Crippen LogP contribution is -2.44. The molecule has 19 heavy (non-hydrogen) atoms. The molecule has 0 aromatic heterocycles. The van der Waals surface area contributed by atoms with Gasteiger partial charge in [-0.05, 0) is 30.5 Å². The van der Waals surface area contributed by atoms with Crippen molar-refractivity contribution in [2.75, 3.05) is 0 Å². The number of halogens is 1. The van der Waals surface area contributed by atoms with Crippen molar-refractivity contribution in [2.24, 2.45) is 5.92 Å². The predicted molar refractivity (Wildman–Crippen MR) is 77.8 cm³/mol. The van der Waals surface area contributed by atoms with E-state index >= 15 is 0 Å². The van der Waals surface area contributed by atoms with E-state index in [1.165, 1.54) is 0 Å². The minimum Gasteiger partial charge on any atom is -0.296 e. The number of hydrogen-bond acceptors (Lipinski definition) is 2. The number of aryl methyl sites for hydroxylation is 1. The first-order chi connectivity index (χ1) is 9.02. The van der Waals surface area contributed by atoms with E-state index in [0.717, 1.165) is 28.4 Å². The van der Waals surface area contributed by atoms with Gasteiger partial charge in [-0.15, -0.1) is 0 Å². The highest BCUT2D eigenvalue weighted by atomic mass is 79.9. The Labute approximate surface area is 121 Å². The van der Waals surface area contributed by atoms with Crippen LogP contribution in [0.15, 0.2) is 22.7 Å². The maximum absolute atomic E-state index is 12.0. The van der Waals surface area contributed by atoms with Gasteiger partial charge in [0.05, 0.1) is 0 Å². The van der Waals surface area contributed by atoms with Gasteiger partial charge in [-0.1, -0.05) is 41.4 Å². The second kappa shape index (κ2) is 5.87. The van der Waals surface area contributed by atoms with E-state index in [1.54, 1.807) is 0 Å². The molecule has 1 heterocycles. The predicted octanol–water partition coefficient (Wildman–Crippen LogP) is 3.30. The number of nitrogens with one attached hydrogen (secondary N) is 1. The molecule has 1 aromatic rings. The molecule has 2 atom stereocenters. The molecule has 1 saturated heterocycles. The molecule has 1 fully saturated rings. The lowest BCUT2D eigenvalue weighted by Gasteiger charge is -2.30. The van der Waals surface area contributed by atoms with Crippen LogP contribution in [-0.4, -0.2) is 11.8 Å². The highest BCUT2D eigenvalue weighted by Crippen LogP contribution is 2.35. The fourth-order valence-corrected chi connectivity index (χ4v) is 3.04.